The van der Waals surface area contributed by atoms with Gasteiger partial charge in [-0.25, -0.2) is 4.79 Å². The third-order valence-electron chi connectivity index (χ3n) is 2.46. The number of hydrogen-bond acceptors (Lipinski definition) is 2. The summed E-state index contributed by atoms with van der Waals surface area (Å²) in [5.74, 6) is -1.22. The van der Waals surface area contributed by atoms with E-state index in [1.165, 1.54) is 12.3 Å². The summed E-state index contributed by atoms with van der Waals surface area (Å²) in [5.41, 5.74) is 0.201. The summed E-state index contributed by atoms with van der Waals surface area (Å²) in [6.45, 7) is 0.459. The van der Waals surface area contributed by atoms with Crippen molar-refractivity contribution >= 4 is 17.6 Å². The lowest BCUT2D eigenvalue weighted by atomic mass is 10.2. The summed E-state index contributed by atoms with van der Waals surface area (Å²) in [6.07, 6.45) is 2.88. The van der Waals surface area contributed by atoms with Crippen LogP contribution in [0.4, 0.5) is 0 Å². The third kappa shape index (κ3) is 2.78. The van der Waals surface area contributed by atoms with E-state index in [-0.39, 0.29) is 5.56 Å². The average molecular weight is 264 g/mol. The molecule has 0 radical (unpaired) electrons. The minimum Gasteiger partial charge on any atom is -0.477 e. The molecule has 0 saturated heterocycles. The first kappa shape index (κ1) is 12.4. The van der Waals surface area contributed by atoms with E-state index in [0.717, 1.165) is 5.56 Å². The summed E-state index contributed by atoms with van der Waals surface area (Å²) in [7, 11) is 0. The Morgan fingerprint density at radius 3 is 2.78 bits per heavy atom. The van der Waals surface area contributed by atoms with Gasteiger partial charge in [0.25, 0.3) is 0 Å². The summed E-state index contributed by atoms with van der Waals surface area (Å²) in [6, 6.07) is 8.50. The highest BCUT2D eigenvalue weighted by Crippen LogP contribution is 2.11. The number of benzene rings is 1. The maximum atomic E-state index is 11.3. The second-order valence-electron chi connectivity index (χ2n) is 3.83. The van der Waals surface area contributed by atoms with Gasteiger partial charge in [0, 0.05) is 30.0 Å². The number of aromatic nitrogens is 1. The van der Waals surface area contributed by atoms with Crippen molar-refractivity contribution in [3.8, 4) is 0 Å². The highest BCUT2D eigenvalue weighted by molar-refractivity contribution is 6.30. The molecule has 2 rings (SSSR count). The molecule has 1 aromatic heterocycles. The fourth-order valence-corrected chi connectivity index (χ4v) is 1.84. The van der Waals surface area contributed by atoms with Gasteiger partial charge in [0.2, 0.25) is 0 Å². The molecule has 92 valence electrons. The summed E-state index contributed by atoms with van der Waals surface area (Å²) in [5, 5.41) is 9.48. The molecular formula is C13H10ClNO3. The lowest BCUT2D eigenvalue weighted by Crippen LogP contribution is -2.16. The quantitative estimate of drug-likeness (QED) is 0.924. The SMILES string of the molecule is O=C(O)c1cn(Cc2cccc(Cl)c2)ccc1=O. The van der Waals surface area contributed by atoms with Crippen molar-refractivity contribution in [2.24, 2.45) is 0 Å². The van der Waals surface area contributed by atoms with Crippen molar-refractivity contribution in [3.63, 3.8) is 0 Å². The molecule has 0 amide bonds. The molecule has 0 unspecified atom stereocenters. The largest absolute Gasteiger partial charge is 0.477 e. The van der Waals surface area contributed by atoms with Gasteiger partial charge in [0.05, 0.1) is 0 Å². The monoisotopic (exact) mass is 263 g/mol. The molecule has 0 fully saturated rings. The van der Waals surface area contributed by atoms with Crippen LogP contribution < -0.4 is 5.43 Å². The predicted molar refractivity (Wildman–Crippen MR) is 68.2 cm³/mol. The molecule has 0 aliphatic heterocycles. The van der Waals surface area contributed by atoms with Gasteiger partial charge >= 0.3 is 5.97 Å². The van der Waals surface area contributed by atoms with E-state index in [1.54, 1.807) is 22.9 Å². The average Bonchev–Trinajstić information content (AvgIpc) is 2.31. The maximum absolute atomic E-state index is 11.3. The van der Waals surface area contributed by atoms with Gasteiger partial charge in [-0.3, -0.25) is 4.79 Å². The molecule has 2 aromatic rings. The Hall–Kier alpha value is -2.07. The number of rotatable bonds is 3. The van der Waals surface area contributed by atoms with E-state index < -0.39 is 11.4 Å². The van der Waals surface area contributed by atoms with Crippen LogP contribution in [0.2, 0.25) is 5.02 Å². The number of carboxylic acids is 1. The molecule has 0 aliphatic carbocycles. The normalized spacial score (nSPS) is 10.3. The first-order valence-electron chi connectivity index (χ1n) is 5.24. The lowest BCUT2D eigenvalue weighted by molar-refractivity contribution is 0.0694. The second kappa shape index (κ2) is 5.06. The van der Waals surface area contributed by atoms with Crippen molar-refractivity contribution in [1.29, 1.82) is 0 Å². The van der Waals surface area contributed by atoms with Crippen LogP contribution >= 0.6 is 11.6 Å². The van der Waals surface area contributed by atoms with Gasteiger partial charge in [-0.15, -0.1) is 0 Å². The van der Waals surface area contributed by atoms with E-state index in [2.05, 4.69) is 0 Å². The van der Waals surface area contributed by atoms with Crippen LogP contribution in [0.1, 0.15) is 15.9 Å². The molecule has 18 heavy (non-hydrogen) atoms. The molecule has 4 nitrogen and oxygen atoms in total. The van der Waals surface area contributed by atoms with E-state index in [4.69, 9.17) is 16.7 Å². The zero-order chi connectivity index (χ0) is 13.1. The van der Waals surface area contributed by atoms with Crippen LogP contribution in [0.25, 0.3) is 0 Å². The molecule has 0 saturated carbocycles. The van der Waals surface area contributed by atoms with E-state index >= 15 is 0 Å². The van der Waals surface area contributed by atoms with Crippen molar-refractivity contribution in [3.05, 3.63) is 69.1 Å². The van der Waals surface area contributed by atoms with Crippen molar-refractivity contribution in [1.82, 2.24) is 4.57 Å². The van der Waals surface area contributed by atoms with Gasteiger partial charge in [-0.2, -0.15) is 0 Å². The molecule has 1 aromatic carbocycles. The first-order chi connectivity index (χ1) is 8.56. The van der Waals surface area contributed by atoms with Gasteiger partial charge in [-0.05, 0) is 17.7 Å². The number of carboxylic acid groups (broad SMARTS) is 1. The summed E-state index contributed by atoms with van der Waals surface area (Å²) in [4.78, 5) is 22.2. The van der Waals surface area contributed by atoms with Gasteiger partial charge in [-0.1, -0.05) is 23.7 Å². The number of halogens is 1. The first-order valence-corrected chi connectivity index (χ1v) is 5.62. The smallest absolute Gasteiger partial charge is 0.341 e. The maximum Gasteiger partial charge on any atom is 0.341 e. The molecule has 1 N–H and O–H groups in total. The van der Waals surface area contributed by atoms with Gasteiger partial charge < -0.3 is 9.67 Å². The fourth-order valence-electron chi connectivity index (χ4n) is 1.63. The standard InChI is InChI=1S/C13H10ClNO3/c14-10-3-1-2-9(6-10)7-15-5-4-12(16)11(8-15)13(17)18/h1-6,8H,7H2,(H,17,18). The fraction of sp³-hybridized carbons (Fsp3) is 0.0769. The number of nitrogens with zero attached hydrogens (tertiary/aromatic N) is 1. The van der Waals surface area contributed by atoms with Crippen LogP contribution in [0.15, 0.2) is 47.5 Å². The van der Waals surface area contributed by atoms with Crippen LogP contribution in [0.5, 0.6) is 0 Å². The third-order valence-corrected chi connectivity index (χ3v) is 2.70. The second-order valence-corrected chi connectivity index (χ2v) is 4.27. The minimum absolute atomic E-state index is 0.237. The Morgan fingerprint density at radius 1 is 1.33 bits per heavy atom. The number of hydrogen-bond donors (Lipinski definition) is 1. The van der Waals surface area contributed by atoms with Crippen LogP contribution in [-0.4, -0.2) is 15.6 Å². The number of pyridine rings is 1. The van der Waals surface area contributed by atoms with Crippen molar-refractivity contribution in [2.75, 3.05) is 0 Å². The molecule has 1 heterocycles. The Morgan fingerprint density at radius 2 is 2.11 bits per heavy atom. The van der Waals surface area contributed by atoms with Crippen LogP contribution in [-0.2, 0) is 6.54 Å². The molecular weight excluding hydrogens is 254 g/mol. The molecule has 0 aliphatic rings. The predicted octanol–water partition coefficient (Wildman–Crippen LogP) is 2.25. The summed E-state index contributed by atoms with van der Waals surface area (Å²) >= 11 is 5.86. The molecule has 5 heteroatoms. The summed E-state index contributed by atoms with van der Waals surface area (Å²) < 4.78 is 1.64. The topological polar surface area (TPSA) is 59.3 Å². The van der Waals surface area contributed by atoms with Crippen LogP contribution in [0, 0.1) is 0 Å². The Bertz CT molecular complexity index is 649. The molecule has 0 atom stereocenters. The zero-order valence-electron chi connectivity index (χ0n) is 9.34. The Balaban J connectivity index is 2.33. The van der Waals surface area contributed by atoms with Crippen molar-refractivity contribution < 1.29 is 9.90 Å². The van der Waals surface area contributed by atoms with Crippen molar-refractivity contribution in [2.45, 2.75) is 6.54 Å². The van der Waals surface area contributed by atoms with E-state index in [9.17, 15) is 9.59 Å². The lowest BCUT2D eigenvalue weighted by Gasteiger charge is -2.07. The highest BCUT2D eigenvalue weighted by Gasteiger charge is 2.08. The number of carbonyl (C=O) groups is 1. The van der Waals surface area contributed by atoms with Crippen LogP contribution in [0.3, 0.4) is 0 Å². The Kier molecular flexibility index (Phi) is 3.48. The van der Waals surface area contributed by atoms with Gasteiger partial charge in [0.1, 0.15) is 5.56 Å². The van der Waals surface area contributed by atoms with E-state index in [0.29, 0.717) is 11.6 Å². The molecule has 0 spiro atoms. The Labute approximate surface area is 108 Å². The highest BCUT2D eigenvalue weighted by atomic mass is 35.5. The molecule has 0 bridgehead atoms. The zero-order valence-corrected chi connectivity index (χ0v) is 10.1. The number of aromatic carboxylic acids is 1. The van der Waals surface area contributed by atoms with Gasteiger partial charge in [0.15, 0.2) is 5.43 Å². The minimum atomic E-state index is -1.22. The van der Waals surface area contributed by atoms with E-state index in [1.807, 2.05) is 12.1 Å².